The van der Waals surface area contributed by atoms with Gasteiger partial charge in [0, 0.05) is 23.8 Å². The van der Waals surface area contributed by atoms with Gasteiger partial charge in [-0.2, -0.15) is 0 Å². The SMILES string of the molecule is S=C(Nc1ccccc1)Nc1ccc2nc(-c3ccc[nH]3)c(-c3ccc[nH]3)nc2c1. The van der Waals surface area contributed by atoms with E-state index in [1.165, 1.54) is 0 Å². The van der Waals surface area contributed by atoms with Gasteiger partial charge in [-0.15, -0.1) is 0 Å². The van der Waals surface area contributed by atoms with E-state index in [0.717, 1.165) is 45.2 Å². The summed E-state index contributed by atoms with van der Waals surface area (Å²) in [6.45, 7) is 0. The van der Waals surface area contributed by atoms with Gasteiger partial charge in [0.25, 0.3) is 0 Å². The van der Waals surface area contributed by atoms with E-state index < -0.39 is 0 Å². The van der Waals surface area contributed by atoms with Gasteiger partial charge in [0.15, 0.2) is 5.11 Å². The highest BCUT2D eigenvalue weighted by Crippen LogP contribution is 2.30. The number of aromatic nitrogens is 4. The van der Waals surface area contributed by atoms with Gasteiger partial charge in [-0.05, 0) is 66.8 Å². The summed E-state index contributed by atoms with van der Waals surface area (Å²) in [6, 6.07) is 23.5. The number of H-pyrrole nitrogens is 2. The van der Waals surface area contributed by atoms with Crippen molar-refractivity contribution >= 4 is 39.7 Å². The van der Waals surface area contributed by atoms with Crippen LogP contribution in [0.15, 0.2) is 85.2 Å². The van der Waals surface area contributed by atoms with E-state index in [-0.39, 0.29) is 0 Å². The molecule has 3 heterocycles. The molecule has 0 saturated heterocycles. The smallest absolute Gasteiger partial charge is 0.175 e. The predicted octanol–water partition coefficient (Wildman–Crippen LogP) is 5.43. The van der Waals surface area contributed by atoms with E-state index >= 15 is 0 Å². The third-order valence-corrected chi connectivity index (χ3v) is 4.86. The van der Waals surface area contributed by atoms with Crippen LogP contribution in [0, 0.1) is 0 Å². The number of aromatic amines is 2. The molecule has 0 aliphatic carbocycles. The molecule has 0 fully saturated rings. The van der Waals surface area contributed by atoms with E-state index in [1.807, 2.05) is 85.2 Å². The third kappa shape index (κ3) is 3.66. The Morgan fingerprint density at radius 1 is 0.667 bits per heavy atom. The van der Waals surface area contributed by atoms with Crippen molar-refractivity contribution in [3.05, 3.63) is 85.2 Å². The highest BCUT2D eigenvalue weighted by Gasteiger charge is 2.15. The summed E-state index contributed by atoms with van der Waals surface area (Å²) in [5.41, 5.74) is 6.78. The molecule has 0 unspecified atom stereocenters. The number of nitrogens with one attached hydrogen (secondary N) is 4. The standard InChI is InChI=1S/C23H18N6S/c30-23(26-15-6-2-1-3-7-15)27-16-10-11-17-20(14-16)29-22(19-9-5-13-25-19)21(28-17)18-8-4-12-24-18/h1-14,24-25H,(H2,26,27,30). The number of thiocarbonyl (C=S) groups is 1. The number of para-hydroxylation sites is 1. The van der Waals surface area contributed by atoms with Gasteiger partial charge in [-0.25, -0.2) is 9.97 Å². The Bertz CT molecular complexity index is 1290. The molecule has 7 heteroatoms. The van der Waals surface area contributed by atoms with Crippen LogP contribution in [-0.4, -0.2) is 25.0 Å². The Labute approximate surface area is 178 Å². The van der Waals surface area contributed by atoms with E-state index in [0.29, 0.717) is 5.11 Å². The van der Waals surface area contributed by atoms with Gasteiger partial charge in [0.05, 0.1) is 22.4 Å². The van der Waals surface area contributed by atoms with Crippen molar-refractivity contribution in [3.63, 3.8) is 0 Å². The molecule has 0 bridgehead atoms. The molecule has 0 saturated carbocycles. The van der Waals surface area contributed by atoms with E-state index in [1.54, 1.807) is 0 Å². The Morgan fingerprint density at radius 3 is 1.93 bits per heavy atom. The van der Waals surface area contributed by atoms with Crippen molar-refractivity contribution in [1.29, 1.82) is 0 Å². The first-order valence-electron chi connectivity index (χ1n) is 9.49. The summed E-state index contributed by atoms with van der Waals surface area (Å²) in [4.78, 5) is 16.2. The summed E-state index contributed by atoms with van der Waals surface area (Å²) in [6.07, 6.45) is 3.76. The minimum Gasteiger partial charge on any atom is -0.360 e. The van der Waals surface area contributed by atoms with Crippen LogP contribution in [-0.2, 0) is 0 Å². The number of nitrogens with zero attached hydrogens (tertiary/aromatic N) is 2. The minimum atomic E-state index is 0.515. The highest BCUT2D eigenvalue weighted by molar-refractivity contribution is 7.80. The van der Waals surface area contributed by atoms with Crippen molar-refractivity contribution in [2.24, 2.45) is 0 Å². The first-order chi connectivity index (χ1) is 14.8. The number of benzene rings is 2. The summed E-state index contributed by atoms with van der Waals surface area (Å²) < 4.78 is 0. The number of anilines is 2. The van der Waals surface area contributed by atoms with Crippen molar-refractivity contribution < 1.29 is 0 Å². The topological polar surface area (TPSA) is 81.4 Å². The van der Waals surface area contributed by atoms with Crippen LogP contribution in [0.3, 0.4) is 0 Å². The zero-order valence-electron chi connectivity index (χ0n) is 15.9. The Morgan fingerprint density at radius 2 is 1.30 bits per heavy atom. The maximum absolute atomic E-state index is 5.44. The van der Waals surface area contributed by atoms with E-state index in [9.17, 15) is 0 Å². The molecule has 0 atom stereocenters. The number of fused-ring (bicyclic) bond motifs is 1. The van der Waals surface area contributed by atoms with Crippen LogP contribution in [0.25, 0.3) is 33.8 Å². The first kappa shape index (κ1) is 18.1. The van der Waals surface area contributed by atoms with Crippen LogP contribution in [0.4, 0.5) is 11.4 Å². The largest absolute Gasteiger partial charge is 0.360 e. The summed E-state index contributed by atoms with van der Waals surface area (Å²) >= 11 is 5.44. The lowest BCUT2D eigenvalue weighted by molar-refractivity contribution is 1.24. The predicted molar refractivity (Wildman–Crippen MR) is 125 cm³/mol. The summed E-state index contributed by atoms with van der Waals surface area (Å²) in [5.74, 6) is 0. The molecule has 0 amide bonds. The zero-order chi connectivity index (χ0) is 20.3. The van der Waals surface area contributed by atoms with E-state index in [2.05, 4.69) is 20.6 Å². The van der Waals surface area contributed by atoms with Crippen LogP contribution in [0.1, 0.15) is 0 Å². The van der Waals surface area contributed by atoms with E-state index in [4.69, 9.17) is 22.2 Å². The highest BCUT2D eigenvalue weighted by atomic mass is 32.1. The maximum Gasteiger partial charge on any atom is 0.175 e. The molecule has 0 aliphatic heterocycles. The normalized spacial score (nSPS) is 10.8. The fraction of sp³-hybridized carbons (Fsp3) is 0. The lowest BCUT2D eigenvalue weighted by Crippen LogP contribution is -2.18. The lowest BCUT2D eigenvalue weighted by Gasteiger charge is -2.12. The molecule has 30 heavy (non-hydrogen) atoms. The van der Waals surface area contributed by atoms with Crippen LogP contribution in [0.5, 0.6) is 0 Å². The fourth-order valence-corrected chi connectivity index (χ4v) is 3.51. The Balaban J connectivity index is 1.50. The van der Waals surface area contributed by atoms with Crippen molar-refractivity contribution in [3.8, 4) is 22.8 Å². The summed E-state index contributed by atoms with van der Waals surface area (Å²) in [5, 5.41) is 6.91. The number of rotatable bonds is 4. The van der Waals surface area contributed by atoms with Gasteiger partial charge in [0.1, 0.15) is 11.4 Å². The second kappa shape index (κ2) is 7.81. The van der Waals surface area contributed by atoms with Gasteiger partial charge in [-0.1, -0.05) is 18.2 Å². The van der Waals surface area contributed by atoms with Crippen LogP contribution >= 0.6 is 12.2 Å². The first-order valence-corrected chi connectivity index (χ1v) is 9.89. The van der Waals surface area contributed by atoms with Crippen molar-refractivity contribution in [2.75, 3.05) is 10.6 Å². The van der Waals surface area contributed by atoms with Crippen LogP contribution < -0.4 is 10.6 Å². The molecule has 5 aromatic rings. The molecule has 146 valence electrons. The molecule has 2 aromatic carbocycles. The Kier molecular flexibility index (Phi) is 4.71. The molecular weight excluding hydrogens is 392 g/mol. The number of hydrogen-bond donors (Lipinski definition) is 4. The molecule has 0 spiro atoms. The van der Waals surface area contributed by atoms with Crippen molar-refractivity contribution in [1.82, 2.24) is 19.9 Å². The maximum atomic E-state index is 5.44. The molecule has 0 aliphatic rings. The van der Waals surface area contributed by atoms with Gasteiger partial charge >= 0.3 is 0 Å². The van der Waals surface area contributed by atoms with Gasteiger partial charge in [0.2, 0.25) is 0 Å². The zero-order valence-corrected chi connectivity index (χ0v) is 16.7. The quantitative estimate of drug-likeness (QED) is 0.297. The average molecular weight is 411 g/mol. The molecule has 4 N–H and O–H groups in total. The molecule has 6 nitrogen and oxygen atoms in total. The molecular formula is C23H18N6S. The second-order valence-corrected chi connectivity index (χ2v) is 7.15. The lowest BCUT2D eigenvalue weighted by atomic mass is 10.1. The monoisotopic (exact) mass is 410 g/mol. The average Bonchev–Trinajstić information content (AvgIpc) is 3.48. The van der Waals surface area contributed by atoms with Crippen LogP contribution in [0.2, 0.25) is 0 Å². The molecule has 5 rings (SSSR count). The molecule has 0 radical (unpaired) electrons. The Hall–Kier alpha value is -3.97. The van der Waals surface area contributed by atoms with Gasteiger partial charge in [-0.3, -0.25) is 0 Å². The van der Waals surface area contributed by atoms with Crippen molar-refractivity contribution in [2.45, 2.75) is 0 Å². The minimum absolute atomic E-state index is 0.515. The second-order valence-electron chi connectivity index (χ2n) is 6.74. The number of hydrogen-bond acceptors (Lipinski definition) is 3. The summed E-state index contributed by atoms with van der Waals surface area (Å²) in [7, 11) is 0. The third-order valence-electron chi connectivity index (χ3n) is 4.66. The fourth-order valence-electron chi connectivity index (χ4n) is 3.28. The van der Waals surface area contributed by atoms with Gasteiger partial charge < -0.3 is 20.6 Å². The molecule has 3 aromatic heterocycles.